The summed E-state index contributed by atoms with van der Waals surface area (Å²) in [6.45, 7) is 0. The highest BCUT2D eigenvalue weighted by Crippen LogP contribution is 2.41. The first-order chi connectivity index (χ1) is 12.7. The second kappa shape index (κ2) is 8.59. The summed E-state index contributed by atoms with van der Waals surface area (Å²) in [5.41, 5.74) is 8.64. The Kier molecular flexibility index (Phi) is 5.97. The molecule has 3 aromatic rings. The number of thioether (sulfide) groups is 1. The van der Waals surface area contributed by atoms with Crippen molar-refractivity contribution in [1.29, 1.82) is 0 Å². The molecule has 0 saturated heterocycles. The lowest BCUT2D eigenvalue weighted by molar-refractivity contribution is 0.0982. The second-order valence-corrected chi connectivity index (χ2v) is 7.16. The molecule has 1 atom stereocenters. The molecule has 0 aromatic heterocycles. The number of benzene rings is 3. The lowest BCUT2D eigenvalue weighted by Crippen LogP contribution is -2.06. The van der Waals surface area contributed by atoms with E-state index in [2.05, 4.69) is 0 Å². The Bertz CT molecular complexity index is 863. The molecule has 0 bridgehead atoms. The smallest absolute Gasteiger partial charge is 0.164 e. The fraction of sp³-hybridized carbons (Fsp3) is 0.136. The normalized spacial score (nSPS) is 11.7. The van der Waals surface area contributed by atoms with Gasteiger partial charge in [-0.15, -0.1) is 11.8 Å². The number of carbonyl (C=O) groups is 1. The first-order valence-corrected chi connectivity index (χ1v) is 9.28. The number of anilines is 1. The van der Waals surface area contributed by atoms with Gasteiger partial charge in [-0.05, 0) is 29.8 Å². The molecule has 0 saturated carbocycles. The fourth-order valence-corrected chi connectivity index (χ4v) is 3.89. The number of methoxy groups -OCH3 is 1. The van der Waals surface area contributed by atoms with Crippen LogP contribution in [0.15, 0.2) is 83.8 Å². The number of ether oxygens (including phenoxy) is 1. The number of ketones is 1. The van der Waals surface area contributed by atoms with Crippen LogP contribution in [0.3, 0.4) is 0 Å². The lowest BCUT2D eigenvalue weighted by Gasteiger charge is -2.18. The molecule has 2 N–H and O–H groups in total. The highest BCUT2D eigenvalue weighted by atomic mass is 32.2. The summed E-state index contributed by atoms with van der Waals surface area (Å²) >= 11 is 1.62. The van der Waals surface area contributed by atoms with Crippen molar-refractivity contribution in [2.45, 2.75) is 16.6 Å². The van der Waals surface area contributed by atoms with Crippen molar-refractivity contribution < 1.29 is 9.53 Å². The van der Waals surface area contributed by atoms with Crippen LogP contribution in [0.25, 0.3) is 0 Å². The van der Waals surface area contributed by atoms with Gasteiger partial charge in [0.1, 0.15) is 5.75 Å². The van der Waals surface area contributed by atoms with Gasteiger partial charge in [0.2, 0.25) is 0 Å². The Morgan fingerprint density at radius 3 is 2.27 bits per heavy atom. The third-order valence-corrected chi connectivity index (χ3v) is 5.49. The molecule has 0 aliphatic heterocycles. The van der Waals surface area contributed by atoms with Crippen LogP contribution < -0.4 is 10.5 Å². The van der Waals surface area contributed by atoms with E-state index in [-0.39, 0.29) is 11.0 Å². The maximum Gasteiger partial charge on any atom is 0.164 e. The second-order valence-electron chi connectivity index (χ2n) is 5.91. The van der Waals surface area contributed by atoms with Gasteiger partial charge >= 0.3 is 0 Å². The molecule has 3 aromatic carbocycles. The maximum absolute atomic E-state index is 12.8. The minimum absolute atomic E-state index is 0.0293. The van der Waals surface area contributed by atoms with Crippen molar-refractivity contribution in [3.63, 3.8) is 0 Å². The summed E-state index contributed by atoms with van der Waals surface area (Å²) in [5, 5.41) is -0.0293. The van der Waals surface area contributed by atoms with Crippen LogP contribution in [-0.2, 0) is 0 Å². The van der Waals surface area contributed by atoms with Crippen LogP contribution in [0.5, 0.6) is 5.75 Å². The van der Waals surface area contributed by atoms with Gasteiger partial charge in [-0.1, -0.05) is 54.6 Å². The maximum atomic E-state index is 12.8. The van der Waals surface area contributed by atoms with E-state index in [9.17, 15) is 4.79 Å². The SMILES string of the molecule is COc1ccc([C@H](CC(=O)c2ccccc2)Sc2ccccc2N)cc1. The van der Waals surface area contributed by atoms with E-state index >= 15 is 0 Å². The Balaban J connectivity index is 1.87. The average Bonchev–Trinajstić information content (AvgIpc) is 2.70. The zero-order valence-corrected chi connectivity index (χ0v) is 15.4. The van der Waals surface area contributed by atoms with E-state index in [1.165, 1.54) is 0 Å². The number of hydrogen-bond donors (Lipinski definition) is 1. The Morgan fingerprint density at radius 1 is 0.962 bits per heavy atom. The van der Waals surface area contributed by atoms with Crippen LogP contribution in [0.1, 0.15) is 27.6 Å². The fourth-order valence-electron chi connectivity index (χ4n) is 2.70. The summed E-state index contributed by atoms with van der Waals surface area (Å²) in [4.78, 5) is 13.7. The molecule has 0 amide bonds. The molecule has 0 radical (unpaired) electrons. The predicted octanol–water partition coefficient (Wildman–Crippen LogP) is 5.38. The van der Waals surface area contributed by atoms with E-state index in [4.69, 9.17) is 10.5 Å². The molecular weight excluding hydrogens is 342 g/mol. The average molecular weight is 363 g/mol. The van der Waals surface area contributed by atoms with Crippen molar-refractivity contribution in [1.82, 2.24) is 0 Å². The number of hydrogen-bond acceptors (Lipinski definition) is 4. The standard InChI is InChI=1S/C22H21NO2S/c1-25-18-13-11-17(12-14-18)22(26-21-10-6-5-9-19(21)23)15-20(24)16-7-3-2-4-8-16/h2-14,22H,15,23H2,1H3/t22-/m0/s1. The first-order valence-electron chi connectivity index (χ1n) is 8.40. The van der Waals surface area contributed by atoms with E-state index in [0.29, 0.717) is 6.42 Å². The lowest BCUT2D eigenvalue weighted by atomic mass is 10.0. The number of para-hydroxylation sites is 1. The van der Waals surface area contributed by atoms with Gasteiger partial charge < -0.3 is 10.5 Å². The van der Waals surface area contributed by atoms with Crippen LogP contribution in [-0.4, -0.2) is 12.9 Å². The van der Waals surface area contributed by atoms with Crippen LogP contribution in [0, 0.1) is 0 Å². The molecule has 0 aliphatic rings. The molecule has 3 rings (SSSR count). The van der Waals surface area contributed by atoms with Gasteiger partial charge in [-0.3, -0.25) is 4.79 Å². The minimum Gasteiger partial charge on any atom is -0.497 e. The number of carbonyl (C=O) groups excluding carboxylic acids is 1. The number of nitrogens with two attached hydrogens (primary N) is 1. The molecule has 0 fully saturated rings. The molecule has 0 heterocycles. The Morgan fingerprint density at radius 2 is 1.62 bits per heavy atom. The van der Waals surface area contributed by atoms with Crippen molar-refractivity contribution in [3.05, 3.63) is 90.0 Å². The first kappa shape index (κ1) is 18.1. The minimum atomic E-state index is -0.0293. The third kappa shape index (κ3) is 4.46. The summed E-state index contributed by atoms with van der Waals surface area (Å²) in [7, 11) is 1.64. The highest BCUT2D eigenvalue weighted by Gasteiger charge is 2.19. The number of rotatable bonds is 7. The van der Waals surface area contributed by atoms with Gasteiger partial charge in [-0.25, -0.2) is 0 Å². The van der Waals surface area contributed by atoms with Gasteiger partial charge in [0.25, 0.3) is 0 Å². The summed E-state index contributed by atoms with van der Waals surface area (Å²) < 4.78 is 5.24. The van der Waals surface area contributed by atoms with Crippen LogP contribution in [0.4, 0.5) is 5.69 Å². The largest absolute Gasteiger partial charge is 0.497 e. The van der Waals surface area contributed by atoms with Gasteiger partial charge in [0, 0.05) is 27.8 Å². The molecule has 0 unspecified atom stereocenters. The molecule has 4 heteroatoms. The molecular formula is C22H21NO2S. The zero-order valence-electron chi connectivity index (χ0n) is 14.6. The monoisotopic (exact) mass is 363 g/mol. The predicted molar refractivity (Wildman–Crippen MR) is 108 cm³/mol. The molecule has 132 valence electrons. The van der Waals surface area contributed by atoms with E-state index < -0.39 is 0 Å². The van der Waals surface area contributed by atoms with E-state index in [1.807, 2.05) is 78.9 Å². The number of nitrogen functional groups attached to an aromatic ring is 1. The van der Waals surface area contributed by atoms with Crippen molar-refractivity contribution in [2.24, 2.45) is 0 Å². The highest BCUT2D eigenvalue weighted by molar-refractivity contribution is 7.99. The zero-order chi connectivity index (χ0) is 18.4. The van der Waals surface area contributed by atoms with Gasteiger partial charge in [0.15, 0.2) is 5.78 Å². The molecule has 0 aliphatic carbocycles. The van der Waals surface area contributed by atoms with E-state index in [0.717, 1.165) is 27.5 Å². The van der Waals surface area contributed by atoms with Gasteiger partial charge in [-0.2, -0.15) is 0 Å². The summed E-state index contributed by atoms with van der Waals surface area (Å²) in [5.74, 6) is 0.916. The van der Waals surface area contributed by atoms with Crippen molar-refractivity contribution in [3.8, 4) is 5.75 Å². The van der Waals surface area contributed by atoms with Crippen molar-refractivity contribution in [2.75, 3.05) is 12.8 Å². The Labute approximate surface area is 158 Å². The third-order valence-electron chi connectivity index (χ3n) is 4.14. The Hall–Kier alpha value is -2.72. The molecule has 26 heavy (non-hydrogen) atoms. The topological polar surface area (TPSA) is 52.3 Å². The number of Topliss-reactive ketones (excluding diaryl/α,β-unsaturated/α-hetero) is 1. The van der Waals surface area contributed by atoms with Crippen molar-refractivity contribution >= 4 is 23.2 Å². The molecule has 0 spiro atoms. The van der Waals surface area contributed by atoms with E-state index in [1.54, 1.807) is 18.9 Å². The quantitative estimate of drug-likeness (QED) is 0.348. The summed E-state index contributed by atoms with van der Waals surface area (Å²) in [6.07, 6.45) is 0.398. The molecule has 3 nitrogen and oxygen atoms in total. The van der Waals surface area contributed by atoms with Gasteiger partial charge in [0.05, 0.1) is 7.11 Å². The van der Waals surface area contributed by atoms with Crippen LogP contribution >= 0.6 is 11.8 Å². The summed E-state index contributed by atoms with van der Waals surface area (Å²) in [6, 6.07) is 25.0. The van der Waals surface area contributed by atoms with Crippen LogP contribution in [0.2, 0.25) is 0 Å².